The summed E-state index contributed by atoms with van der Waals surface area (Å²) in [5.74, 6) is 0.124. The van der Waals surface area contributed by atoms with Crippen molar-refractivity contribution in [3.63, 3.8) is 0 Å². The summed E-state index contributed by atoms with van der Waals surface area (Å²) in [6.45, 7) is 8.44. The van der Waals surface area contributed by atoms with Crippen molar-refractivity contribution in [2.24, 2.45) is 5.41 Å². The van der Waals surface area contributed by atoms with E-state index in [0.29, 0.717) is 19.3 Å². The molecular formula is C16H25BFNO3. The lowest BCUT2D eigenvalue weighted by molar-refractivity contribution is -0.119. The molecule has 2 heterocycles. The van der Waals surface area contributed by atoms with Crippen LogP contribution < -0.4 is 5.32 Å². The molecule has 1 N–H and O–H groups in total. The lowest BCUT2D eigenvalue weighted by Crippen LogP contribution is -2.41. The van der Waals surface area contributed by atoms with E-state index in [1.807, 2.05) is 27.7 Å². The molecule has 1 saturated carbocycles. The molecule has 3 fully saturated rings. The summed E-state index contributed by atoms with van der Waals surface area (Å²) in [4.78, 5) is 11.4. The Morgan fingerprint density at radius 3 is 2.14 bits per heavy atom. The van der Waals surface area contributed by atoms with Gasteiger partial charge in [0.05, 0.1) is 11.2 Å². The largest absolute Gasteiger partial charge is 0.525 e. The Bertz CT molecular complexity index is 503. The topological polar surface area (TPSA) is 47.6 Å². The van der Waals surface area contributed by atoms with Crippen molar-refractivity contribution >= 4 is 13.0 Å². The average molecular weight is 309 g/mol. The van der Waals surface area contributed by atoms with Crippen LogP contribution in [-0.2, 0) is 14.1 Å². The van der Waals surface area contributed by atoms with Crippen molar-refractivity contribution in [3.8, 4) is 0 Å². The highest BCUT2D eigenvalue weighted by atomic mass is 19.1. The van der Waals surface area contributed by atoms with Crippen LogP contribution in [0.2, 0.25) is 0 Å². The van der Waals surface area contributed by atoms with Gasteiger partial charge in [-0.3, -0.25) is 4.79 Å². The maximum Gasteiger partial charge on any atom is 0.525 e. The van der Waals surface area contributed by atoms with Gasteiger partial charge in [-0.1, -0.05) is 0 Å². The molecule has 2 aliphatic heterocycles. The minimum atomic E-state index is -0.891. The molecule has 22 heavy (non-hydrogen) atoms. The molecular weight excluding hydrogens is 284 g/mol. The Labute approximate surface area is 132 Å². The lowest BCUT2D eigenvalue weighted by atomic mass is 9.69. The summed E-state index contributed by atoms with van der Waals surface area (Å²) in [6.07, 6.45) is 3.66. The Morgan fingerprint density at radius 1 is 1.14 bits per heavy atom. The zero-order valence-corrected chi connectivity index (χ0v) is 13.9. The van der Waals surface area contributed by atoms with E-state index in [1.165, 1.54) is 0 Å². The molecule has 3 aliphatic rings. The quantitative estimate of drug-likeness (QED) is 0.758. The minimum absolute atomic E-state index is 0.0385. The molecule has 0 bridgehead atoms. The SMILES string of the molecule is CC1(C)OB(C(F)=C2CCC3(CC2)CNC(=O)C3)OC1(C)C. The number of amides is 1. The summed E-state index contributed by atoms with van der Waals surface area (Å²) >= 11 is 0. The van der Waals surface area contributed by atoms with E-state index in [-0.39, 0.29) is 17.0 Å². The first kappa shape index (κ1) is 16.0. The van der Waals surface area contributed by atoms with Crippen LogP contribution in [0.1, 0.15) is 59.8 Å². The fourth-order valence-corrected chi connectivity index (χ4v) is 3.54. The number of rotatable bonds is 1. The van der Waals surface area contributed by atoms with Gasteiger partial charge in [0, 0.05) is 13.0 Å². The molecule has 1 spiro atoms. The first-order chi connectivity index (χ1) is 10.1. The normalized spacial score (nSPS) is 33.4. The Hall–Kier alpha value is -0.875. The van der Waals surface area contributed by atoms with Gasteiger partial charge < -0.3 is 14.6 Å². The molecule has 0 aromatic carbocycles. The average Bonchev–Trinajstić information content (AvgIpc) is 2.88. The lowest BCUT2D eigenvalue weighted by Gasteiger charge is -2.33. The third kappa shape index (κ3) is 2.60. The van der Waals surface area contributed by atoms with Gasteiger partial charge in [0.25, 0.3) is 0 Å². The summed E-state index contributed by atoms with van der Waals surface area (Å²) in [7, 11) is -0.891. The van der Waals surface area contributed by atoms with E-state index in [9.17, 15) is 9.18 Å². The summed E-state index contributed by atoms with van der Waals surface area (Å²) in [6, 6.07) is 0. The smallest absolute Gasteiger partial charge is 0.398 e. The highest BCUT2D eigenvalue weighted by molar-refractivity contribution is 6.53. The molecule has 1 amide bonds. The first-order valence-corrected chi connectivity index (χ1v) is 8.14. The standard InChI is InChI=1S/C16H25BFNO3/c1-14(2)15(3,4)22-17(21-14)13(18)11-5-7-16(8-6-11)9-12(20)19-10-16/h5-10H2,1-4H3,(H,19,20). The van der Waals surface area contributed by atoms with Crippen LogP contribution in [0.3, 0.4) is 0 Å². The van der Waals surface area contributed by atoms with Gasteiger partial charge in [0.2, 0.25) is 5.91 Å². The third-order valence-corrected chi connectivity index (χ3v) is 5.91. The van der Waals surface area contributed by atoms with Crippen molar-refractivity contribution in [2.75, 3.05) is 6.54 Å². The Morgan fingerprint density at radius 2 is 1.68 bits per heavy atom. The predicted molar refractivity (Wildman–Crippen MR) is 82.7 cm³/mol. The minimum Gasteiger partial charge on any atom is -0.398 e. The van der Waals surface area contributed by atoms with E-state index >= 15 is 0 Å². The maximum atomic E-state index is 14.8. The van der Waals surface area contributed by atoms with Gasteiger partial charge in [-0.2, -0.15) is 0 Å². The number of nitrogens with one attached hydrogen (secondary N) is 1. The van der Waals surface area contributed by atoms with Gasteiger partial charge in [-0.15, -0.1) is 0 Å². The van der Waals surface area contributed by atoms with Crippen molar-refractivity contribution in [1.29, 1.82) is 0 Å². The van der Waals surface area contributed by atoms with Crippen molar-refractivity contribution in [3.05, 3.63) is 11.3 Å². The van der Waals surface area contributed by atoms with Crippen LogP contribution in [0.15, 0.2) is 11.3 Å². The zero-order chi connectivity index (χ0) is 16.2. The number of hydrogen-bond acceptors (Lipinski definition) is 3. The molecule has 0 aromatic rings. The van der Waals surface area contributed by atoms with E-state index in [0.717, 1.165) is 25.0 Å². The van der Waals surface area contributed by atoms with E-state index in [4.69, 9.17) is 9.31 Å². The Balaban J connectivity index is 1.70. The van der Waals surface area contributed by atoms with E-state index in [2.05, 4.69) is 5.32 Å². The van der Waals surface area contributed by atoms with Crippen molar-refractivity contribution < 1.29 is 18.5 Å². The number of allylic oxidation sites excluding steroid dienone is 1. The van der Waals surface area contributed by atoms with Crippen molar-refractivity contribution in [2.45, 2.75) is 71.0 Å². The first-order valence-electron chi connectivity index (χ1n) is 8.14. The van der Waals surface area contributed by atoms with Crippen LogP contribution in [-0.4, -0.2) is 30.8 Å². The number of carbonyl (C=O) groups is 1. The number of hydrogen-bond donors (Lipinski definition) is 1. The molecule has 4 nitrogen and oxygen atoms in total. The molecule has 6 heteroatoms. The van der Waals surface area contributed by atoms with Crippen LogP contribution in [0.4, 0.5) is 4.39 Å². The molecule has 0 atom stereocenters. The molecule has 2 saturated heterocycles. The highest BCUT2D eigenvalue weighted by Crippen LogP contribution is 2.46. The molecule has 122 valence electrons. The molecule has 0 aromatic heterocycles. The Kier molecular flexibility index (Phi) is 3.68. The second kappa shape index (κ2) is 5.06. The second-order valence-corrected chi connectivity index (χ2v) is 7.99. The maximum absolute atomic E-state index is 14.8. The van der Waals surface area contributed by atoms with E-state index in [1.54, 1.807) is 0 Å². The van der Waals surface area contributed by atoms with Crippen LogP contribution >= 0.6 is 0 Å². The zero-order valence-electron chi connectivity index (χ0n) is 13.9. The molecule has 0 radical (unpaired) electrons. The third-order valence-electron chi connectivity index (χ3n) is 5.91. The van der Waals surface area contributed by atoms with Crippen LogP contribution in [0.5, 0.6) is 0 Å². The highest BCUT2D eigenvalue weighted by Gasteiger charge is 2.54. The molecule has 3 rings (SSSR count). The van der Waals surface area contributed by atoms with Crippen LogP contribution in [0, 0.1) is 5.41 Å². The van der Waals surface area contributed by atoms with Crippen molar-refractivity contribution in [1.82, 2.24) is 5.32 Å². The number of carbonyl (C=O) groups excluding carboxylic acids is 1. The second-order valence-electron chi connectivity index (χ2n) is 7.99. The number of halogens is 1. The molecule has 1 aliphatic carbocycles. The van der Waals surface area contributed by atoms with Gasteiger partial charge in [-0.25, -0.2) is 4.39 Å². The fraction of sp³-hybridized carbons (Fsp3) is 0.812. The fourth-order valence-electron chi connectivity index (χ4n) is 3.54. The van der Waals surface area contributed by atoms with Crippen LogP contribution in [0.25, 0.3) is 0 Å². The van der Waals surface area contributed by atoms with Gasteiger partial charge >= 0.3 is 7.12 Å². The van der Waals surface area contributed by atoms with E-state index < -0.39 is 18.3 Å². The summed E-state index contributed by atoms with van der Waals surface area (Å²) in [5, 5.41) is 2.90. The summed E-state index contributed by atoms with van der Waals surface area (Å²) in [5.41, 5.74) is -0.466. The summed E-state index contributed by atoms with van der Waals surface area (Å²) < 4.78 is 26.4. The molecule has 0 unspecified atom stereocenters. The monoisotopic (exact) mass is 309 g/mol. The predicted octanol–water partition coefficient (Wildman–Crippen LogP) is 2.92. The van der Waals surface area contributed by atoms with Gasteiger partial charge in [0.1, 0.15) is 5.73 Å². The van der Waals surface area contributed by atoms with Gasteiger partial charge in [-0.05, 0) is 64.4 Å². The van der Waals surface area contributed by atoms with Gasteiger partial charge in [0.15, 0.2) is 0 Å².